The van der Waals surface area contributed by atoms with Crippen molar-refractivity contribution in [2.45, 2.75) is 12.3 Å². The fourth-order valence-electron chi connectivity index (χ4n) is 1.91. The van der Waals surface area contributed by atoms with Crippen LogP contribution in [0.25, 0.3) is 5.78 Å². The summed E-state index contributed by atoms with van der Waals surface area (Å²) >= 11 is 6.92. The van der Waals surface area contributed by atoms with E-state index in [1.165, 1.54) is 5.56 Å². The molecule has 21 heavy (non-hydrogen) atoms. The van der Waals surface area contributed by atoms with Gasteiger partial charge in [-0.2, -0.15) is 0 Å². The van der Waals surface area contributed by atoms with Gasteiger partial charge in [-0.05, 0) is 11.6 Å². The molecule has 6 heteroatoms. The smallest absolute Gasteiger partial charge is 0.233 e. The molecule has 1 aromatic carbocycles. The second-order valence-electron chi connectivity index (χ2n) is 4.47. The highest BCUT2D eigenvalue weighted by atomic mass is 32.2. The van der Waals surface area contributed by atoms with Crippen LogP contribution in [-0.4, -0.2) is 18.7 Å². The minimum atomic E-state index is 0.719. The van der Waals surface area contributed by atoms with E-state index in [9.17, 15) is 0 Å². The molecule has 106 valence electrons. The van der Waals surface area contributed by atoms with Crippen molar-refractivity contribution in [2.24, 2.45) is 0 Å². The van der Waals surface area contributed by atoms with Gasteiger partial charge in [-0.1, -0.05) is 54.3 Å². The van der Waals surface area contributed by atoms with Crippen LogP contribution in [0.2, 0.25) is 0 Å². The molecule has 4 nitrogen and oxygen atoms in total. The van der Waals surface area contributed by atoms with Gasteiger partial charge in [0.1, 0.15) is 4.32 Å². The summed E-state index contributed by atoms with van der Waals surface area (Å²) in [6.45, 7) is 0.749. The molecule has 0 atom stereocenters. The number of benzene rings is 1. The Hall–Kier alpha value is -1.92. The molecule has 0 bridgehead atoms. The molecule has 0 amide bonds. The van der Waals surface area contributed by atoms with Crippen LogP contribution in [0.5, 0.6) is 0 Å². The third-order valence-electron chi connectivity index (χ3n) is 2.92. The van der Waals surface area contributed by atoms with Gasteiger partial charge in [0.25, 0.3) is 0 Å². The third-order valence-corrected chi connectivity index (χ3v) is 4.26. The van der Waals surface area contributed by atoms with Crippen molar-refractivity contribution in [3.63, 3.8) is 0 Å². The Morgan fingerprint density at radius 2 is 2.10 bits per heavy atom. The van der Waals surface area contributed by atoms with E-state index in [0.29, 0.717) is 0 Å². The molecule has 0 saturated carbocycles. The van der Waals surface area contributed by atoms with Crippen LogP contribution in [-0.2, 0) is 12.3 Å². The number of hydrogen-bond donors (Lipinski definition) is 1. The summed E-state index contributed by atoms with van der Waals surface area (Å²) in [5.41, 5.74) is 2.19. The average Bonchev–Trinajstić information content (AvgIpc) is 2.95. The lowest BCUT2D eigenvalue weighted by atomic mass is 10.2. The van der Waals surface area contributed by atoms with E-state index in [0.717, 1.165) is 28.1 Å². The van der Waals surface area contributed by atoms with Crippen LogP contribution < -0.4 is 5.32 Å². The second kappa shape index (κ2) is 6.69. The lowest BCUT2D eigenvalue weighted by Crippen LogP contribution is -2.17. The van der Waals surface area contributed by atoms with Gasteiger partial charge in [-0.25, -0.2) is 9.97 Å². The van der Waals surface area contributed by atoms with Crippen LogP contribution in [0.1, 0.15) is 11.3 Å². The standard InChI is InChI=1S/C15H14N4S2/c20-15(17-9-12-5-2-1-3-6-12)21-11-13-10-19-8-4-7-16-14(19)18-13/h1-8,10H,9,11H2,(H,17,20). The molecule has 1 N–H and O–H groups in total. The molecule has 2 aromatic heterocycles. The lowest BCUT2D eigenvalue weighted by Gasteiger charge is -2.06. The van der Waals surface area contributed by atoms with Gasteiger partial charge >= 0.3 is 0 Å². The lowest BCUT2D eigenvalue weighted by molar-refractivity contribution is 0.939. The van der Waals surface area contributed by atoms with Crippen LogP contribution in [0.4, 0.5) is 0 Å². The molecular formula is C15H14N4S2. The number of nitrogens with one attached hydrogen (secondary N) is 1. The van der Waals surface area contributed by atoms with E-state index in [4.69, 9.17) is 12.2 Å². The molecule has 0 unspecified atom stereocenters. The number of aromatic nitrogens is 3. The molecule has 0 spiro atoms. The van der Waals surface area contributed by atoms with E-state index in [1.807, 2.05) is 41.1 Å². The topological polar surface area (TPSA) is 42.2 Å². The first-order valence-electron chi connectivity index (χ1n) is 6.54. The normalized spacial score (nSPS) is 10.7. The highest BCUT2D eigenvalue weighted by Gasteiger charge is 2.04. The first-order chi connectivity index (χ1) is 10.3. The number of imidazole rings is 1. The quantitative estimate of drug-likeness (QED) is 0.750. The van der Waals surface area contributed by atoms with E-state index in [1.54, 1.807) is 18.0 Å². The van der Waals surface area contributed by atoms with Crippen molar-refractivity contribution in [3.05, 3.63) is 66.2 Å². The summed E-state index contributed by atoms with van der Waals surface area (Å²) in [7, 11) is 0. The predicted molar refractivity (Wildman–Crippen MR) is 90.2 cm³/mol. The second-order valence-corrected chi connectivity index (χ2v) is 6.13. The zero-order valence-corrected chi connectivity index (χ0v) is 12.9. The van der Waals surface area contributed by atoms with Crippen molar-refractivity contribution in [1.29, 1.82) is 0 Å². The summed E-state index contributed by atoms with van der Waals surface area (Å²) in [5.74, 6) is 1.46. The molecule has 0 aliphatic heterocycles. The maximum atomic E-state index is 5.33. The van der Waals surface area contributed by atoms with E-state index in [2.05, 4.69) is 27.4 Å². The summed E-state index contributed by atoms with van der Waals surface area (Å²) < 4.78 is 2.69. The minimum Gasteiger partial charge on any atom is -0.367 e. The SMILES string of the molecule is S=C(NCc1ccccc1)SCc1cn2cccnc2n1. The van der Waals surface area contributed by atoms with Gasteiger partial charge < -0.3 is 5.32 Å². The van der Waals surface area contributed by atoms with E-state index in [-0.39, 0.29) is 0 Å². The third kappa shape index (κ3) is 3.80. The van der Waals surface area contributed by atoms with Crippen LogP contribution in [0.15, 0.2) is 55.0 Å². The molecular weight excluding hydrogens is 300 g/mol. The molecule has 0 aliphatic rings. The zero-order chi connectivity index (χ0) is 14.5. The first kappa shape index (κ1) is 14.0. The summed E-state index contributed by atoms with van der Waals surface area (Å²) in [5, 5.41) is 3.25. The number of rotatable bonds is 4. The zero-order valence-electron chi connectivity index (χ0n) is 11.3. The van der Waals surface area contributed by atoms with Crippen molar-refractivity contribution in [1.82, 2.24) is 19.7 Å². The number of thioether (sulfide) groups is 1. The molecule has 0 fully saturated rings. The maximum Gasteiger partial charge on any atom is 0.233 e. The largest absolute Gasteiger partial charge is 0.367 e. The summed E-state index contributed by atoms with van der Waals surface area (Å²) in [6, 6.07) is 12.1. The van der Waals surface area contributed by atoms with Crippen molar-refractivity contribution >= 4 is 34.1 Å². The molecule has 3 aromatic rings. The Morgan fingerprint density at radius 1 is 1.24 bits per heavy atom. The van der Waals surface area contributed by atoms with E-state index < -0.39 is 0 Å². The van der Waals surface area contributed by atoms with Gasteiger partial charge in [0.2, 0.25) is 5.78 Å². The Kier molecular flexibility index (Phi) is 4.47. The van der Waals surface area contributed by atoms with Crippen LogP contribution in [0, 0.1) is 0 Å². The highest BCUT2D eigenvalue weighted by Crippen LogP contribution is 2.13. The Morgan fingerprint density at radius 3 is 2.90 bits per heavy atom. The molecule has 3 rings (SSSR count). The summed E-state index contributed by atoms with van der Waals surface area (Å²) in [4.78, 5) is 8.65. The Labute approximate surface area is 132 Å². The predicted octanol–water partition coefficient (Wildman–Crippen LogP) is 3.04. The monoisotopic (exact) mass is 314 g/mol. The van der Waals surface area contributed by atoms with Crippen LogP contribution in [0.3, 0.4) is 0 Å². The van der Waals surface area contributed by atoms with Gasteiger partial charge in [-0.3, -0.25) is 4.40 Å². The number of nitrogens with zero attached hydrogens (tertiary/aromatic N) is 3. The van der Waals surface area contributed by atoms with Gasteiger partial charge in [0.05, 0.1) is 5.69 Å². The minimum absolute atomic E-state index is 0.719. The molecule has 0 saturated heterocycles. The Balaban J connectivity index is 1.51. The molecule has 2 heterocycles. The number of fused-ring (bicyclic) bond motifs is 1. The average molecular weight is 314 g/mol. The van der Waals surface area contributed by atoms with E-state index >= 15 is 0 Å². The fraction of sp³-hybridized carbons (Fsp3) is 0.133. The summed E-state index contributed by atoms with van der Waals surface area (Å²) in [6.07, 6.45) is 5.66. The maximum absolute atomic E-state index is 5.33. The Bertz CT molecular complexity index is 707. The van der Waals surface area contributed by atoms with Gasteiger partial charge in [-0.15, -0.1) is 0 Å². The fourth-order valence-corrected chi connectivity index (χ4v) is 2.75. The van der Waals surface area contributed by atoms with Crippen molar-refractivity contribution in [3.8, 4) is 0 Å². The van der Waals surface area contributed by atoms with Gasteiger partial charge in [0.15, 0.2) is 0 Å². The van der Waals surface area contributed by atoms with Gasteiger partial charge in [0, 0.05) is 30.9 Å². The first-order valence-corrected chi connectivity index (χ1v) is 7.94. The number of thiocarbonyl (C=S) groups is 1. The highest BCUT2D eigenvalue weighted by molar-refractivity contribution is 8.22. The van der Waals surface area contributed by atoms with Crippen molar-refractivity contribution in [2.75, 3.05) is 0 Å². The molecule has 0 radical (unpaired) electrons. The van der Waals surface area contributed by atoms with Crippen LogP contribution >= 0.6 is 24.0 Å². The number of hydrogen-bond acceptors (Lipinski definition) is 4. The molecule has 0 aliphatic carbocycles. The van der Waals surface area contributed by atoms with Crippen molar-refractivity contribution < 1.29 is 0 Å².